The van der Waals surface area contributed by atoms with E-state index >= 15 is 0 Å². The highest BCUT2D eigenvalue weighted by Gasteiger charge is 2.29. The van der Waals surface area contributed by atoms with Gasteiger partial charge in [0.15, 0.2) is 0 Å². The predicted octanol–water partition coefficient (Wildman–Crippen LogP) is 5.17. The third-order valence-electron chi connectivity index (χ3n) is 5.75. The fraction of sp³-hybridized carbons (Fsp3) is 0.625. The molecule has 0 spiro atoms. The Bertz CT molecular complexity index is 585. The van der Waals surface area contributed by atoms with E-state index in [0.29, 0.717) is 6.54 Å². The van der Waals surface area contributed by atoms with Gasteiger partial charge in [-0.1, -0.05) is 49.2 Å². The maximum Gasteiger partial charge on any atom is 0.407 e. The van der Waals surface area contributed by atoms with E-state index in [-0.39, 0.29) is 12.1 Å². The van der Waals surface area contributed by atoms with Crippen LogP contribution in [0.4, 0.5) is 4.79 Å². The Morgan fingerprint density at radius 3 is 2.48 bits per heavy atom. The zero-order valence-corrected chi connectivity index (χ0v) is 18.0. The topological polar surface area (TPSA) is 53.0 Å². The van der Waals surface area contributed by atoms with Crippen LogP contribution in [0.15, 0.2) is 43.0 Å². The fourth-order valence-corrected chi connectivity index (χ4v) is 4.06. The van der Waals surface area contributed by atoms with Crippen molar-refractivity contribution in [2.24, 2.45) is 0 Å². The molecule has 1 aliphatic carbocycles. The van der Waals surface area contributed by atoms with Crippen molar-refractivity contribution < 1.29 is 14.6 Å². The summed E-state index contributed by atoms with van der Waals surface area (Å²) < 4.78 is 6.07. The van der Waals surface area contributed by atoms with Crippen LogP contribution in [0.3, 0.4) is 0 Å². The first-order chi connectivity index (χ1) is 14.1. The van der Waals surface area contributed by atoms with Crippen molar-refractivity contribution in [2.45, 2.75) is 70.1 Å². The third-order valence-corrected chi connectivity index (χ3v) is 5.75. The number of benzene rings is 1. The second kappa shape index (κ2) is 13.4. The molecule has 0 aromatic heterocycles. The van der Waals surface area contributed by atoms with Crippen molar-refractivity contribution in [2.75, 3.05) is 26.7 Å². The summed E-state index contributed by atoms with van der Waals surface area (Å²) in [7, 11) is 2.13. The lowest BCUT2D eigenvalue weighted by Crippen LogP contribution is -2.42. The number of carboxylic acid groups (broad SMARTS) is 1. The van der Waals surface area contributed by atoms with Crippen LogP contribution in [-0.4, -0.2) is 59.9 Å². The number of unbranched alkanes of at least 4 members (excludes halogenated alkanes) is 3. The lowest BCUT2D eigenvalue weighted by molar-refractivity contribution is 0.00599. The highest BCUT2D eigenvalue weighted by Crippen LogP contribution is 2.26. The van der Waals surface area contributed by atoms with E-state index in [1.807, 2.05) is 36.4 Å². The van der Waals surface area contributed by atoms with Gasteiger partial charge in [0, 0.05) is 25.7 Å². The van der Waals surface area contributed by atoms with Gasteiger partial charge >= 0.3 is 6.09 Å². The zero-order valence-electron chi connectivity index (χ0n) is 18.0. The molecule has 2 rings (SSSR count). The first-order valence-corrected chi connectivity index (χ1v) is 11.0. The number of likely N-dealkylation sites (N-methyl/N-ethyl adjacent to an activating group) is 1. The molecule has 0 unspecified atom stereocenters. The van der Waals surface area contributed by atoms with Gasteiger partial charge in [-0.2, -0.15) is 0 Å². The van der Waals surface area contributed by atoms with Crippen LogP contribution in [0.5, 0.6) is 0 Å². The van der Waals surface area contributed by atoms with Gasteiger partial charge in [-0.3, -0.25) is 0 Å². The molecule has 1 amide bonds. The minimum Gasteiger partial charge on any atom is -0.465 e. The molecule has 1 N–H and O–H groups in total. The minimum atomic E-state index is -0.822. The largest absolute Gasteiger partial charge is 0.465 e. The Morgan fingerprint density at radius 1 is 1.14 bits per heavy atom. The van der Waals surface area contributed by atoms with Crippen molar-refractivity contribution in [3.63, 3.8) is 0 Å². The molecule has 1 aromatic carbocycles. The second-order valence-electron chi connectivity index (χ2n) is 8.16. The molecule has 0 heterocycles. The summed E-state index contributed by atoms with van der Waals surface area (Å²) in [6.45, 7) is 7.14. The SMILES string of the molecule is C=CCN(C)CCCCCCOC1CCC(N(Cc2ccccc2)C(=O)O)CC1. The van der Waals surface area contributed by atoms with E-state index in [2.05, 4.69) is 18.5 Å². The van der Waals surface area contributed by atoms with Gasteiger partial charge in [0.05, 0.1) is 6.10 Å². The Balaban J connectivity index is 1.59. The predicted molar refractivity (Wildman–Crippen MR) is 118 cm³/mol. The molecule has 1 aromatic rings. The van der Waals surface area contributed by atoms with E-state index in [1.165, 1.54) is 19.3 Å². The summed E-state index contributed by atoms with van der Waals surface area (Å²) in [6, 6.07) is 9.95. The molecule has 0 aliphatic heterocycles. The molecule has 29 heavy (non-hydrogen) atoms. The van der Waals surface area contributed by atoms with Crippen molar-refractivity contribution in [3.05, 3.63) is 48.6 Å². The Labute approximate surface area is 176 Å². The van der Waals surface area contributed by atoms with Gasteiger partial charge in [0.1, 0.15) is 0 Å². The molecule has 1 fully saturated rings. The molecule has 1 saturated carbocycles. The molecule has 0 bridgehead atoms. The van der Waals surface area contributed by atoms with Gasteiger partial charge in [0.25, 0.3) is 0 Å². The molecule has 162 valence electrons. The molecule has 0 radical (unpaired) electrons. The van der Waals surface area contributed by atoms with E-state index in [9.17, 15) is 9.90 Å². The maximum absolute atomic E-state index is 11.7. The summed E-state index contributed by atoms with van der Waals surface area (Å²) in [4.78, 5) is 15.6. The summed E-state index contributed by atoms with van der Waals surface area (Å²) in [6.07, 6.45) is 9.88. The summed E-state index contributed by atoms with van der Waals surface area (Å²) in [5, 5.41) is 9.65. The zero-order chi connectivity index (χ0) is 20.9. The third kappa shape index (κ3) is 9.01. The molecule has 5 nitrogen and oxygen atoms in total. The first kappa shape index (κ1) is 23.4. The maximum atomic E-state index is 11.7. The summed E-state index contributed by atoms with van der Waals surface area (Å²) >= 11 is 0. The highest BCUT2D eigenvalue weighted by atomic mass is 16.5. The quantitative estimate of drug-likeness (QED) is 0.365. The van der Waals surface area contributed by atoms with Crippen LogP contribution in [0.25, 0.3) is 0 Å². The average Bonchev–Trinajstić information content (AvgIpc) is 2.72. The van der Waals surface area contributed by atoms with Gasteiger partial charge in [-0.05, 0) is 57.7 Å². The lowest BCUT2D eigenvalue weighted by Gasteiger charge is -2.35. The Morgan fingerprint density at radius 2 is 1.83 bits per heavy atom. The monoisotopic (exact) mass is 402 g/mol. The van der Waals surface area contributed by atoms with Gasteiger partial charge < -0.3 is 19.6 Å². The van der Waals surface area contributed by atoms with Crippen molar-refractivity contribution in [1.82, 2.24) is 9.80 Å². The van der Waals surface area contributed by atoms with Crippen LogP contribution in [0, 0.1) is 0 Å². The average molecular weight is 403 g/mol. The molecular weight excluding hydrogens is 364 g/mol. The molecule has 5 heteroatoms. The molecule has 0 saturated heterocycles. The van der Waals surface area contributed by atoms with E-state index in [0.717, 1.165) is 57.4 Å². The minimum absolute atomic E-state index is 0.0973. The summed E-state index contributed by atoms with van der Waals surface area (Å²) in [5.41, 5.74) is 1.05. The highest BCUT2D eigenvalue weighted by molar-refractivity contribution is 5.65. The van der Waals surface area contributed by atoms with Gasteiger partial charge in [-0.25, -0.2) is 4.79 Å². The Kier molecular flexibility index (Phi) is 10.8. The first-order valence-electron chi connectivity index (χ1n) is 11.0. The fourth-order valence-electron chi connectivity index (χ4n) is 4.06. The second-order valence-corrected chi connectivity index (χ2v) is 8.16. The van der Waals surface area contributed by atoms with Crippen molar-refractivity contribution in [3.8, 4) is 0 Å². The Hall–Kier alpha value is -1.85. The summed E-state index contributed by atoms with van der Waals surface area (Å²) in [5.74, 6) is 0. The number of hydrogen-bond acceptors (Lipinski definition) is 3. The van der Waals surface area contributed by atoms with Gasteiger partial charge in [-0.15, -0.1) is 6.58 Å². The number of carbonyl (C=O) groups is 1. The standard InChI is InChI=1S/C24H38N2O3/c1-3-17-25(2)18-9-4-5-10-19-29-23-15-13-22(14-16-23)26(24(27)28)20-21-11-7-6-8-12-21/h3,6-8,11-12,22-23H,1,4-5,9-10,13-20H2,2H3,(H,27,28). The number of rotatable bonds is 13. The normalized spacial score (nSPS) is 19.2. The number of nitrogens with zero attached hydrogens (tertiary/aromatic N) is 2. The van der Waals surface area contributed by atoms with Crippen LogP contribution in [0.1, 0.15) is 56.9 Å². The number of hydrogen-bond donors (Lipinski definition) is 1. The van der Waals surface area contributed by atoms with Crippen molar-refractivity contribution >= 4 is 6.09 Å². The molecule has 1 aliphatic rings. The lowest BCUT2D eigenvalue weighted by atomic mass is 9.91. The van der Waals surface area contributed by atoms with Crippen LogP contribution in [0.2, 0.25) is 0 Å². The number of amides is 1. The molecular formula is C24H38N2O3. The van der Waals surface area contributed by atoms with Crippen LogP contribution in [-0.2, 0) is 11.3 Å². The smallest absolute Gasteiger partial charge is 0.407 e. The van der Waals surface area contributed by atoms with Crippen LogP contribution < -0.4 is 0 Å². The van der Waals surface area contributed by atoms with Gasteiger partial charge in [0.2, 0.25) is 0 Å². The number of ether oxygens (including phenoxy) is 1. The molecule has 0 atom stereocenters. The van der Waals surface area contributed by atoms with E-state index in [1.54, 1.807) is 4.90 Å². The van der Waals surface area contributed by atoms with Crippen LogP contribution >= 0.6 is 0 Å². The van der Waals surface area contributed by atoms with E-state index < -0.39 is 6.09 Å². The van der Waals surface area contributed by atoms with Crippen molar-refractivity contribution in [1.29, 1.82) is 0 Å². The van der Waals surface area contributed by atoms with E-state index in [4.69, 9.17) is 4.74 Å².